The minimum atomic E-state index is -0.786. The molecule has 0 saturated carbocycles. The number of benzene rings is 1. The number of hydrogen-bond acceptors (Lipinski definition) is 2. The maximum atomic E-state index is 12.8. The summed E-state index contributed by atoms with van der Waals surface area (Å²) in [6, 6.07) is 5.85. The average molecular weight is 328 g/mol. The van der Waals surface area contributed by atoms with E-state index < -0.39 is 5.97 Å². The van der Waals surface area contributed by atoms with Crippen LogP contribution in [0.25, 0.3) is 10.9 Å². The summed E-state index contributed by atoms with van der Waals surface area (Å²) >= 11 is 0. The maximum absolute atomic E-state index is 12.8. The number of aliphatic carboxylic acids is 1. The van der Waals surface area contributed by atoms with Gasteiger partial charge in [0.15, 0.2) is 0 Å². The van der Waals surface area contributed by atoms with Crippen molar-refractivity contribution < 1.29 is 14.7 Å². The van der Waals surface area contributed by atoms with Crippen molar-refractivity contribution in [2.24, 2.45) is 13.0 Å². The molecule has 24 heavy (non-hydrogen) atoms. The Morgan fingerprint density at radius 3 is 2.75 bits per heavy atom. The van der Waals surface area contributed by atoms with Gasteiger partial charge in [0.05, 0.1) is 0 Å². The molecule has 1 N–H and O–H groups in total. The molecule has 1 unspecified atom stereocenters. The Morgan fingerprint density at radius 1 is 1.29 bits per heavy atom. The summed E-state index contributed by atoms with van der Waals surface area (Å²) in [5, 5.41) is 10.1. The first-order valence-electron chi connectivity index (χ1n) is 8.45. The summed E-state index contributed by atoms with van der Waals surface area (Å²) in [5.74, 6) is -0.719. The third-order valence-electron chi connectivity index (χ3n) is 5.32. The predicted octanol–water partition coefficient (Wildman–Crippen LogP) is 3.12. The zero-order chi connectivity index (χ0) is 17.4. The van der Waals surface area contributed by atoms with E-state index in [0.717, 1.165) is 23.7 Å². The number of amides is 1. The van der Waals surface area contributed by atoms with Gasteiger partial charge < -0.3 is 14.6 Å². The van der Waals surface area contributed by atoms with Gasteiger partial charge in [-0.15, -0.1) is 0 Å². The molecule has 1 atom stereocenters. The minimum Gasteiger partial charge on any atom is -0.481 e. The number of fused-ring (bicyclic) bond motifs is 1. The normalized spacial score (nSPS) is 18.1. The lowest BCUT2D eigenvalue weighted by Gasteiger charge is -2.32. The highest BCUT2D eigenvalue weighted by Gasteiger charge is 2.26. The molecule has 5 nitrogen and oxygen atoms in total. The van der Waals surface area contributed by atoms with Crippen molar-refractivity contribution >= 4 is 22.8 Å². The van der Waals surface area contributed by atoms with Gasteiger partial charge in [0, 0.05) is 48.7 Å². The van der Waals surface area contributed by atoms with Gasteiger partial charge in [-0.05, 0) is 56.4 Å². The number of carbonyl (C=O) groups excluding carboxylic acids is 1. The summed E-state index contributed by atoms with van der Waals surface area (Å²) < 4.78 is 2.14. The summed E-state index contributed by atoms with van der Waals surface area (Å²) in [5.41, 5.74) is 4.22. The van der Waals surface area contributed by atoms with Crippen molar-refractivity contribution in [1.29, 1.82) is 0 Å². The molecule has 0 bridgehead atoms. The topological polar surface area (TPSA) is 62.5 Å². The van der Waals surface area contributed by atoms with Crippen LogP contribution in [-0.4, -0.2) is 39.5 Å². The molecule has 0 spiro atoms. The highest BCUT2D eigenvalue weighted by molar-refractivity contribution is 5.99. The molecule has 1 aromatic carbocycles. The Balaban J connectivity index is 1.85. The predicted molar refractivity (Wildman–Crippen MR) is 93.3 cm³/mol. The summed E-state index contributed by atoms with van der Waals surface area (Å²) in [7, 11) is 2.04. The molecule has 1 saturated heterocycles. The average Bonchev–Trinajstić information content (AvgIpc) is 2.78. The molecule has 2 aromatic rings. The van der Waals surface area contributed by atoms with Crippen molar-refractivity contribution in [1.82, 2.24) is 9.47 Å². The van der Waals surface area contributed by atoms with Crippen LogP contribution < -0.4 is 0 Å². The molecule has 3 rings (SSSR count). The number of nitrogens with zero attached hydrogens (tertiary/aromatic N) is 2. The lowest BCUT2D eigenvalue weighted by molar-refractivity contribution is -0.138. The number of rotatable bonds is 3. The van der Waals surface area contributed by atoms with Crippen LogP contribution >= 0.6 is 0 Å². The highest BCUT2D eigenvalue weighted by Crippen LogP contribution is 2.27. The van der Waals surface area contributed by atoms with E-state index in [1.165, 1.54) is 11.3 Å². The first-order chi connectivity index (χ1) is 11.4. The molecular weight excluding hydrogens is 304 g/mol. The van der Waals surface area contributed by atoms with Crippen molar-refractivity contribution in [2.45, 2.75) is 33.1 Å². The van der Waals surface area contributed by atoms with Crippen LogP contribution in [0.4, 0.5) is 0 Å². The van der Waals surface area contributed by atoms with Crippen molar-refractivity contribution in [3.63, 3.8) is 0 Å². The molecule has 1 amide bonds. The highest BCUT2D eigenvalue weighted by atomic mass is 16.4. The van der Waals surface area contributed by atoms with Crippen LogP contribution in [0.1, 0.15) is 40.9 Å². The lowest BCUT2D eigenvalue weighted by Crippen LogP contribution is -2.40. The second-order valence-electron chi connectivity index (χ2n) is 6.86. The fourth-order valence-electron chi connectivity index (χ4n) is 3.73. The van der Waals surface area contributed by atoms with E-state index in [1.807, 2.05) is 30.1 Å². The van der Waals surface area contributed by atoms with Crippen LogP contribution in [0.15, 0.2) is 18.2 Å². The van der Waals surface area contributed by atoms with Gasteiger partial charge in [-0.25, -0.2) is 0 Å². The number of aryl methyl sites for hydroxylation is 2. The SMILES string of the molecule is Cc1c(C)n(C)c2ccc(C(=O)N3CCCC(CC(=O)O)C3)cc12. The van der Waals surface area contributed by atoms with Gasteiger partial charge in [-0.2, -0.15) is 0 Å². The fourth-order valence-corrected chi connectivity index (χ4v) is 3.73. The number of aromatic nitrogens is 1. The number of carboxylic acid groups (broad SMARTS) is 1. The van der Waals surface area contributed by atoms with E-state index >= 15 is 0 Å². The van der Waals surface area contributed by atoms with Crippen LogP contribution in [0, 0.1) is 19.8 Å². The molecule has 1 aliphatic heterocycles. The second kappa shape index (κ2) is 6.30. The maximum Gasteiger partial charge on any atom is 0.303 e. The van der Waals surface area contributed by atoms with Gasteiger partial charge in [0.2, 0.25) is 0 Å². The standard InChI is InChI=1S/C19H24N2O3/c1-12-13(2)20(3)17-7-6-15(10-16(12)17)19(24)21-8-4-5-14(11-21)9-18(22)23/h6-7,10,14H,4-5,8-9,11H2,1-3H3,(H,22,23). The van der Waals surface area contributed by atoms with Crippen molar-refractivity contribution in [3.05, 3.63) is 35.0 Å². The smallest absolute Gasteiger partial charge is 0.303 e. The molecule has 1 aliphatic rings. The Hall–Kier alpha value is -2.30. The number of carbonyl (C=O) groups is 2. The van der Waals surface area contributed by atoms with E-state index in [1.54, 1.807) is 0 Å². The van der Waals surface area contributed by atoms with Crippen LogP contribution in [0.2, 0.25) is 0 Å². The van der Waals surface area contributed by atoms with Gasteiger partial charge in [0.25, 0.3) is 5.91 Å². The van der Waals surface area contributed by atoms with E-state index in [0.29, 0.717) is 18.7 Å². The third kappa shape index (κ3) is 2.90. The minimum absolute atomic E-state index is 0.00731. The molecular formula is C19H24N2O3. The molecule has 1 aromatic heterocycles. The Bertz CT molecular complexity index is 807. The van der Waals surface area contributed by atoms with Crippen LogP contribution in [0.5, 0.6) is 0 Å². The monoisotopic (exact) mass is 328 g/mol. The zero-order valence-corrected chi connectivity index (χ0v) is 14.5. The molecule has 5 heteroatoms. The molecule has 1 fully saturated rings. The zero-order valence-electron chi connectivity index (χ0n) is 14.5. The van der Waals surface area contributed by atoms with Crippen molar-refractivity contribution in [3.8, 4) is 0 Å². The summed E-state index contributed by atoms with van der Waals surface area (Å²) in [6.07, 6.45) is 1.89. The Morgan fingerprint density at radius 2 is 2.04 bits per heavy atom. The summed E-state index contributed by atoms with van der Waals surface area (Å²) in [6.45, 7) is 5.41. The molecule has 128 valence electrons. The number of likely N-dealkylation sites (tertiary alicyclic amines) is 1. The van der Waals surface area contributed by atoms with Gasteiger partial charge >= 0.3 is 5.97 Å². The first kappa shape index (κ1) is 16.6. The number of hydrogen-bond donors (Lipinski definition) is 1. The van der Waals surface area contributed by atoms with E-state index in [4.69, 9.17) is 5.11 Å². The lowest BCUT2D eigenvalue weighted by atomic mass is 9.94. The van der Waals surface area contributed by atoms with Gasteiger partial charge in [-0.1, -0.05) is 0 Å². The molecule has 0 radical (unpaired) electrons. The largest absolute Gasteiger partial charge is 0.481 e. The second-order valence-corrected chi connectivity index (χ2v) is 6.86. The number of carboxylic acids is 1. The fraction of sp³-hybridized carbons (Fsp3) is 0.474. The molecule has 0 aliphatic carbocycles. The first-order valence-corrected chi connectivity index (χ1v) is 8.45. The Labute approximate surface area is 141 Å². The quantitative estimate of drug-likeness (QED) is 0.941. The number of piperidine rings is 1. The van der Waals surface area contributed by atoms with Gasteiger partial charge in [-0.3, -0.25) is 9.59 Å². The summed E-state index contributed by atoms with van der Waals surface area (Å²) in [4.78, 5) is 25.6. The third-order valence-corrected chi connectivity index (χ3v) is 5.32. The van der Waals surface area contributed by atoms with Gasteiger partial charge in [0.1, 0.15) is 0 Å². The van der Waals surface area contributed by atoms with E-state index in [9.17, 15) is 9.59 Å². The van der Waals surface area contributed by atoms with E-state index in [2.05, 4.69) is 18.4 Å². The van der Waals surface area contributed by atoms with E-state index in [-0.39, 0.29) is 18.2 Å². The van der Waals surface area contributed by atoms with Crippen LogP contribution in [0.3, 0.4) is 0 Å². The molecule has 2 heterocycles. The van der Waals surface area contributed by atoms with Crippen molar-refractivity contribution in [2.75, 3.05) is 13.1 Å². The van der Waals surface area contributed by atoms with Crippen LogP contribution in [-0.2, 0) is 11.8 Å². The Kier molecular flexibility index (Phi) is 4.35.